The molecule has 2 aliphatic rings. The van der Waals surface area contributed by atoms with Crippen molar-refractivity contribution in [3.05, 3.63) is 64.1 Å². The third kappa shape index (κ3) is 3.70. The fraction of sp³-hybridized carbons (Fsp3) is 0.250. The molecule has 0 aliphatic carbocycles. The van der Waals surface area contributed by atoms with Crippen LogP contribution in [-0.4, -0.2) is 41.3 Å². The summed E-state index contributed by atoms with van der Waals surface area (Å²) in [6.45, 7) is 0.960. The molecule has 0 aromatic heterocycles. The van der Waals surface area contributed by atoms with Gasteiger partial charge in [0.25, 0.3) is 5.91 Å². The van der Waals surface area contributed by atoms with Gasteiger partial charge in [0.1, 0.15) is 11.4 Å². The molecule has 3 amide bonds. The number of amides is 3. The van der Waals surface area contributed by atoms with Crippen LogP contribution in [0.3, 0.4) is 0 Å². The summed E-state index contributed by atoms with van der Waals surface area (Å²) in [5, 5.41) is 6.92. The van der Waals surface area contributed by atoms with Crippen molar-refractivity contribution >= 4 is 46.5 Å². The second-order valence-electron chi connectivity index (χ2n) is 6.85. The van der Waals surface area contributed by atoms with Crippen LogP contribution in [0.4, 0.5) is 10.5 Å². The number of nitrogens with one attached hydrogen (secondary N) is 2. The predicted octanol–water partition coefficient (Wildman–Crippen LogP) is 3.94. The lowest BCUT2D eigenvalue weighted by Gasteiger charge is -2.37. The average molecular weight is 417 g/mol. The molecule has 1 saturated heterocycles. The Morgan fingerprint density at radius 1 is 1.07 bits per heavy atom. The van der Waals surface area contributed by atoms with Gasteiger partial charge in [0.15, 0.2) is 0 Å². The third-order valence-electron chi connectivity index (χ3n) is 5.00. The molecule has 1 spiro atoms. The molecule has 0 atom stereocenters. The maximum Gasteiger partial charge on any atom is 0.321 e. The van der Waals surface area contributed by atoms with Crippen LogP contribution in [0.5, 0.6) is 0 Å². The quantitative estimate of drug-likeness (QED) is 0.777. The monoisotopic (exact) mass is 416 g/mol. The van der Waals surface area contributed by atoms with Crippen molar-refractivity contribution in [2.45, 2.75) is 18.5 Å². The minimum absolute atomic E-state index is 0.198. The Kier molecular flexibility index (Phi) is 5.00. The number of anilines is 1. The van der Waals surface area contributed by atoms with E-state index in [2.05, 4.69) is 15.6 Å². The summed E-state index contributed by atoms with van der Waals surface area (Å²) in [5.41, 5.74) is 1.06. The first-order valence-corrected chi connectivity index (χ1v) is 9.70. The normalized spacial score (nSPS) is 18.0. The average Bonchev–Trinajstić information content (AvgIpc) is 3.00. The lowest BCUT2D eigenvalue weighted by molar-refractivity contribution is -0.115. The highest BCUT2D eigenvalue weighted by Gasteiger charge is 2.42. The van der Waals surface area contributed by atoms with Crippen molar-refractivity contribution < 1.29 is 9.59 Å². The van der Waals surface area contributed by atoms with E-state index >= 15 is 0 Å². The maximum absolute atomic E-state index is 12.5. The number of carbonyl (C=O) groups is 2. The van der Waals surface area contributed by atoms with Crippen LogP contribution in [0.1, 0.15) is 18.4 Å². The largest absolute Gasteiger partial charge is 0.326 e. The fourth-order valence-corrected chi connectivity index (χ4v) is 3.75. The molecule has 0 bridgehead atoms. The van der Waals surface area contributed by atoms with E-state index in [0.29, 0.717) is 47.4 Å². The van der Waals surface area contributed by atoms with Gasteiger partial charge in [-0.3, -0.25) is 9.79 Å². The minimum atomic E-state index is -0.659. The zero-order valence-corrected chi connectivity index (χ0v) is 16.4. The van der Waals surface area contributed by atoms with Crippen LogP contribution in [-0.2, 0) is 4.79 Å². The molecular weight excluding hydrogens is 399 g/mol. The Bertz CT molecular complexity index is 951. The van der Waals surface area contributed by atoms with Gasteiger partial charge in [0, 0.05) is 36.5 Å². The van der Waals surface area contributed by atoms with E-state index < -0.39 is 5.66 Å². The van der Waals surface area contributed by atoms with Gasteiger partial charge in [-0.25, -0.2) is 4.79 Å². The predicted molar refractivity (Wildman–Crippen MR) is 110 cm³/mol. The Labute approximate surface area is 172 Å². The number of benzene rings is 2. The zero-order chi connectivity index (χ0) is 19.7. The molecule has 0 saturated carbocycles. The van der Waals surface area contributed by atoms with Gasteiger partial charge in [-0.2, -0.15) is 0 Å². The molecule has 2 aliphatic heterocycles. The molecule has 1 fully saturated rings. The van der Waals surface area contributed by atoms with Gasteiger partial charge in [-0.05, 0) is 24.3 Å². The highest BCUT2D eigenvalue weighted by atomic mass is 35.5. The molecule has 144 valence electrons. The molecule has 2 aromatic rings. The van der Waals surface area contributed by atoms with E-state index in [0.717, 1.165) is 5.56 Å². The number of para-hydroxylation sites is 1. The maximum atomic E-state index is 12.5. The van der Waals surface area contributed by atoms with Crippen LogP contribution in [0.15, 0.2) is 53.5 Å². The number of nitrogens with zero attached hydrogens (tertiary/aromatic N) is 2. The second-order valence-corrected chi connectivity index (χ2v) is 7.69. The van der Waals surface area contributed by atoms with Gasteiger partial charge in [0.2, 0.25) is 0 Å². The molecule has 28 heavy (non-hydrogen) atoms. The molecule has 4 rings (SSSR count). The first-order valence-electron chi connectivity index (χ1n) is 8.95. The second kappa shape index (κ2) is 7.45. The molecular formula is C20H18Cl2N4O2. The Hall–Kier alpha value is -2.57. The van der Waals surface area contributed by atoms with Crippen LogP contribution < -0.4 is 10.6 Å². The zero-order valence-electron chi connectivity index (χ0n) is 14.9. The van der Waals surface area contributed by atoms with E-state index in [-0.39, 0.29) is 11.9 Å². The standard InChI is InChI=1S/C20H18Cl2N4O2/c21-14-7-5-13(6-8-14)17-18(27)25-20(24-17)9-11-26(12-10-20)19(28)23-16-4-2-1-3-15(16)22/h1-8H,9-12H2,(H,23,28)(H,25,27). The molecule has 6 nitrogen and oxygen atoms in total. The highest BCUT2D eigenvalue weighted by Crippen LogP contribution is 2.30. The van der Waals surface area contributed by atoms with E-state index in [4.69, 9.17) is 23.2 Å². The van der Waals surface area contributed by atoms with Gasteiger partial charge in [-0.1, -0.05) is 47.5 Å². The Morgan fingerprint density at radius 2 is 1.75 bits per heavy atom. The molecule has 0 radical (unpaired) electrons. The molecule has 2 N–H and O–H groups in total. The summed E-state index contributed by atoms with van der Waals surface area (Å²) in [7, 11) is 0. The van der Waals surface area contributed by atoms with Crippen molar-refractivity contribution in [3.8, 4) is 0 Å². The summed E-state index contributed by atoms with van der Waals surface area (Å²) in [6, 6.07) is 13.9. The van der Waals surface area contributed by atoms with Crippen molar-refractivity contribution in [1.82, 2.24) is 10.2 Å². The van der Waals surface area contributed by atoms with Gasteiger partial charge in [0.05, 0.1) is 10.7 Å². The number of piperidine rings is 1. The highest BCUT2D eigenvalue weighted by molar-refractivity contribution is 6.47. The first kappa shape index (κ1) is 18.8. The van der Waals surface area contributed by atoms with Gasteiger partial charge in [-0.15, -0.1) is 0 Å². The van der Waals surface area contributed by atoms with Crippen LogP contribution in [0.2, 0.25) is 10.0 Å². The summed E-state index contributed by atoms with van der Waals surface area (Å²) in [6.07, 6.45) is 1.09. The first-order chi connectivity index (χ1) is 13.5. The van der Waals surface area contributed by atoms with Crippen molar-refractivity contribution in [1.29, 1.82) is 0 Å². The third-order valence-corrected chi connectivity index (χ3v) is 5.58. The summed E-state index contributed by atoms with van der Waals surface area (Å²) >= 11 is 12.0. The van der Waals surface area contributed by atoms with Crippen LogP contribution >= 0.6 is 23.2 Å². The number of likely N-dealkylation sites (tertiary alicyclic amines) is 1. The van der Waals surface area contributed by atoms with Gasteiger partial charge < -0.3 is 15.5 Å². The van der Waals surface area contributed by atoms with Crippen molar-refractivity contribution in [2.24, 2.45) is 4.99 Å². The topological polar surface area (TPSA) is 73.8 Å². The number of hydrogen-bond acceptors (Lipinski definition) is 3. The summed E-state index contributed by atoms with van der Waals surface area (Å²) < 4.78 is 0. The summed E-state index contributed by atoms with van der Waals surface area (Å²) in [4.78, 5) is 31.4. The van der Waals surface area contributed by atoms with Gasteiger partial charge >= 0.3 is 6.03 Å². The number of aliphatic imine (C=N–C) groups is 1. The number of carbonyl (C=O) groups excluding carboxylic acids is 2. The molecule has 8 heteroatoms. The van der Waals surface area contributed by atoms with E-state index in [1.807, 2.05) is 12.1 Å². The molecule has 0 unspecified atom stereocenters. The molecule has 2 aromatic carbocycles. The lowest BCUT2D eigenvalue weighted by atomic mass is 9.98. The van der Waals surface area contributed by atoms with Crippen LogP contribution in [0.25, 0.3) is 0 Å². The summed E-state index contributed by atoms with van der Waals surface area (Å²) in [5.74, 6) is -0.198. The van der Waals surface area contributed by atoms with E-state index in [1.54, 1.807) is 41.3 Å². The smallest absolute Gasteiger partial charge is 0.321 e. The fourth-order valence-electron chi connectivity index (χ4n) is 3.44. The Balaban J connectivity index is 1.43. The minimum Gasteiger partial charge on any atom is -0.326 e. The number of urea groups is 1. The van der Waals surface area contributed by atoms with Crippen molar-refractivity contribution in [2.75, 3.05) is 18.4 Å². The molecule has 2 heterocycles. The van der Waals surface area contributed by atoms with E-state index in [1.165, 1.54) is 0 Å². The number of rotatable bonds is 2. The van der Waals surface area contributed by atoms with Crippen molar-refractivity contribution in [3.63, 3.8) is 0 Å². The number of halogens is 2. The van der Waals surface area contributed by atoms with Crippen LogP contribution in [0, 0.1) is 0 Å². The number of hydrogen-bond donors (Lipinski definition) is 2. The lowest BCUT2D eigenvalue weighted by Crippen LogP contribution is -2.53. The SMILES string of the molecule is O=C1NC2(CCN(C(=O)Nc3ccccc3Cl)CC2)N=C1c1ccc(Cl)cc1. The van der Waals surface area contributed by atoms with E-state index in [9.17, 15) is 9.59 Å². The Morgan fingerprint density at radius 3 is 2.43 bits per heavy atom.